The zero-order chi connectivity index (χ0) is 20.3. The van der Waals surface area contributed by atoms with Crippen LogP contribution in [0.4, 0.5) is 0 Å². The predicted molar refractivity (Wildman–Crippen MR) is 109 cm³/mol. The van der Waals surface area contributed by atoms with E-state index in [1.165, 1.54) is 4.88 Å². The summed E-state index contributed by atoms with van der Waals surface area (Å²) in [5, 5.41) is 9.55. The van der Waals surface area contributed by atoms with Crippen LogP contribution in [0, 0.1) is 12.8 Å². The Morgan fingerprint density at radius 3 is 2.39 bits per heavy atom. The summed E-state index contributed by atoms with van der Waals surface area (Å²) < 4.78 is 16.6. The van der Waals surface area contributed by atoms with Crippen LogP contribution in [0.5, 0.6) is 17.2 Å². The number of aryl methyl sites for hydroxylation is 1. The van der Waals surface area contributed by atoms with Gasteiger partial charge in [0.15, 0.2) is 11.5 Å². The number of rotatable bonds is 7. The number of methoxy groups -OCH3 is 3. The highest BCUT2D eigenvalue weighted by Crippen LogP contribution is 2.44. The summed E-state index contributed by atoms with van der Waals surface area (Å²) >= 11 is 1.72. The van der Waals surface area contributed by atoms with E-state index >= 15 is 0 Å². The van der Waals surface area contributed by atoms with Gasteiger partial charge in [-0.2, -0.15) is 0 Å². The fourth-order valence-electron chi connectivity index (χ4n) is 3.84. The van der Waals surface area contributed by atoms with Gasteiger partial charge >= 0.3 is 5.97 Å². The summed E-state index contributed by atoms with van der Waals surface area (Å²) in [6.45, 7) is 3.42. The third kappa shape index (κ3) is 4.10. The second kappa shape index (κ2) is 8.84. The van der Waals surface area contributed by atoms with Crippen LogP contribution in [-0.2, 0) is 4.79 Å². The lowest BCUT2D eigenvalue weighted by atomic mass is 9.93. The van der Waals surface area contributed by atoms with E-state index in [2.05, 4.69) is 24.0 Å². The lowest BCUT2D eigenvalue weighted by molar-refractivity contribution is -0.143. The van der Waals surface area contributed by atoms with Gasteiger partial charge < -0.3 is 19.3 Å². The highest BCUT2D eigenvalue weighted by atomic mass is 32.1. The van der Waals surface area contributed by atoms with Crippen molar-refractivity contribution in [1.29, 1.82) is 0 Å². The number of nitrogens with zero attached hydrogens (tertiary/aromatic N) is 1. The van der Waals surface area contributed by atoms with Gasteiger partial charge in [0, 0.05) is 27.9 Å². The maximum absolute atomic E-state index is 11.6. The molecule has 0 aliphatic carbocycles. The molecule has 6 nitrogen and oxygen atoms in total. The average Bonchev–Trinajstić information content (AvgIpc) is 3.13. The van der Waals surface area contributed by atoms with Gasteiger partial charge in [0.05, 0.1) is 33.3 Å². The van der Waals surface area contributed by atoms with Crippen LogP contribution in [0.2, 0.25) is 0 Å². The molecule has 2 atom stereocenters. The number of carbonyl (C=O) groups is 1. The van der Waals surface area contributed by atoms with Crippen molar-refractivity contribution in [2.45, 2.75) is 25.8 Å². The van der Waals surface area contributed by atoms with E-state index in [9.17, 15) is 9.90 Å². The number of hydrogen-bond donors (Lipinski definition) is 1. The van der Waals surface area contributed by atoms with E-state index in [0.717, 1.165) is 23.4 Å². The third-order valence-corrected chi connectivity index (χ3v) is 6.28. The second-order valence-corrected chi connectivity index (χ2v) is 8.29. The van der Waals surface area contributed by atoms with Crippen LogP contribution in [0.25, 0.3) is 0 Å². The smallest absolute Gasteiger partial charge is 0.307 e. The quantitative estimate of drug-likeness (QED) is 0.752. The molecular formula is C21H27NO5S. The first-order valence-corrected chi connectivity index (χ1v) is 10.1. The molecule has 1 aromatic heterocycles. The molecule has 1 aliphatic heterocycles. The minimum absolute atomic E-state index is 0.101. The first-order valence-electron chi connectivity index (χ1n) is 9.31. The van der Waals surface area contributed by atoms with Gasteiger partial charge in [-0.25, -0.2) is 0 Å². The van der Waals surface area contributed by atoms with Crippen LogP contribution in [0.3, 0.4) is 0 Å². The third-order valence-electron chi connectivity index (χ3n) is 5.23. The molecule has 0 saturated carbocycles. The summed E-state index contributed by atoms with van der Waals surface area (Å²) in [6.07, 6.45) is 1.57. The summed E-state index contributed by atoms with van der Waals surface area (Å²) in [5.41, 5.74) is 0.952. The summed E-state index contributed by atoms with van der Waals surface area (Å²) in [5.74, 6) is 0.842. The predicted octanol–water partition coefficient (Wildman–Crippen LogP) is 3.97. The van der Waals surface area contributed by atoms with Crippen molar-refractivity contribution < 1.29 is 24.1 Å². The van der Waals surface area contributed by atoms with Crippen LogP contribution in [0.1, 0.15) is 34.2 Å². The molecule has 1 N–H and O–H groups in total. The van der Waals surface area contributed by atoms with Gasteiger partial charge in [-0.05, 0) is 44.5 Å². The number of piperidine rings is 1. The molecule has 2 heterocycles. The fourth-order valence-corrected chi connectivity index (χ4v) is 4.87. The Morgan fingerprint density at radius 2 is 1.82 bits per heavy atom. The zero-order valence-electron chi connectivity index (χ0n) is 16.7. The Labute approximate surface area is 169 Å². The normalized spacial score (nSPS) is 18.5. The molecule has 2 aromatic rings. The molecule has 152 valence electrons. The van der Waals surface area contributed by atoms with Gasteiger partial charge in [-0.1, -0.05) is 0 Å². The van der Waals surface area contributed by atoms with Crippen LogP contribution < -0.4 is 14.2 Å². The molecule has 1 aliphatic rings. The van der Waals surface area contributed by atoms with Gasteiger partial charge in [0.25, 0.3) is 0 Å². The number of likely N-dealkylation sites (tertiary alicyclic amines) is 1. The molecule has 7 heteroatoms. The summed E-state index contributed by atoms with van der Waals surface area (Å²) in [4.78, 5) is 16.2. The van der Waals surface area contributed by atoms with Crippen molar-refractivity contribution in [2.24, 2.45) is 5.92 Å². The van der Waals surface area contributed by atoms with E-state index in [1.54, 1.807) is 32.7 Å². The van der Waals surface area contributed by atoms with Gasteiger partial charge in [-0.3, -0.25) is 9.69 Å². The molecule has 0 radical (unpaired) electrons. The van der Waals surface area contributed by atoms with E-state index in [0.29, 0.717) is 30.2 Å². The van der Waals surface area contributed by atoms with Gasteiger partial charge in [0.2, 0.25) is 0 Å². The minimum Gasteiger partial charge on any atom is -0.496 e. The Bertz CT molecular complexity index is 834. The van der Waals surface area contributed by atoms with Crippen molar-refractivity contribution in [3.8, 4) is 17.2 Å². The SMILES string of the molecule is COc1cc(OC)c(C(c2ccc(C)s2)N2CCCC(C(=O)O)C2)cc1OC. The highest BCUT2D eigenvalue weighted by Gasteiger charge is 2.34. The van der Waals surface area contributed by atoms with Crippen LogP contribution in [0.15, 0.2) is 24.3 Å². The Morgan fingerprint density at radius 1 is 1.14 bits per heavy atom. The number of thiophene rings is 1. The van der Waals surface area contributed by atoms with E-state index < -0.39 is 5.97 Å². The van der Waals surface area contributed by atoms with Crippen molar-refractivity contribution in [3.63, 3.8) is 0 Å². The van der Waals surface area contributed by atoms with Crippen molar-refractivity contribution in [3.05, 3.63) is 39.6 Å². The number of carboxylic acid groups (broad SMARTS) is 1. The molecule has 0 amide bonds. The van der Waals surface area contributed by atoms with Gasteiger partial charge in [0.1, 0.15) is 5.75 Å². The minimum atomic E-state index is -0.731. The van der Waals surface area contributed by atoms with E-state index in [1.807, 2.05) is 12.1 Å². The number of aliphatic carboxylic acids is 1. The average molecular weight is 406 g/mol. The molecule has 0 spiro atoms. The van der Waals surface area contributed by atoms with Crippen molar-refractivity contribution in [2.75, 3.05) is 34.4 Å². The fraction of sp³-hybridized carbons (Fsp3) is 0.476. The Balaban J connectivity index is 2.11. The molecule has 2 unspecified atom stereocenters. The highest BCUT2D eigenvalue weighted by molar-refractivity contribution is 7.12. The van der Waals surface area contributed by atoms with E-state index in [4.69, 9.17) is 14.2 Å². The molecular weight excluding hydrogens is 378 g/mol. The lowest BCUT2D eigenvalue weighted by Crippen LogP contribution is -2.41. The van der Waals surface area contributed by atoms with Gasteiger partial charge in [-0.15, -0.1) is 11.3 Å². The lowest BCUT2D eigenvalue weighted by Gasteiger charge is -2.37. The first kappa shape index (κ1) is 20.5. The van der Waals surface area contributed by atoms with Crippen LogP contribution in [-0.4, -0.2) is 50.4 Å². The molecule has 28 heavy (non-hydrogen) atoms. The van der Waals surface area contributed by atoms with Crippen LogP contribution >= 0.6 is 11.3 Å². The Kier molecular flexibility index (Phi) is 6.46. The number of carboxylic acids is 1. The largest absolute Gasteiger partial charge is 0.496 e. The van der Waals surface area contributed by atoms with Crippen molar-refractivity contribution >= 4 is 17.3 Å². The molecule has 1 saturated heterocycles. The maximum Gasteiger partial charge on any atom is 0.307 e. The Hall–Kier alpha value is -2.25. The number of benzene rings is 1. The maximum atomic E-state index is 11.6. The second-order valence-electron chi connectivity index (χ2n) is 6.97. The first-order chi connectivity index (χ1) is 13.5. The molecule has 1 aromatic carbocycles. The standard InChI is InChI=1S/C21H27NO5S/c1-13-7-8-19(28-13)20(22-9-5-6-14(12-22)21(23)24)15-10-17(26-3)18(27-4)11-16(15)25-2/h7-8,10-11,14,20H,5-6,9,12H2,1-4H3,(H,23,24). The molecule has 3 rings (SSSR count). The summed E-state index contributed by atoms with van der Waals surface area (Å²) in [6, 6.07) is 7.89. The number of ether oxygens (including phenoxy) is 3. The summed E-state index contributed by atoms with van der Waals surface area (Å²) in [7, 11) is 4.84. The molecule has 1 fully saturated rings. The number of hydrogen-bond acceptors (Lipinski definition) is 6. The monoisotopic (exact) mass is 405 g/mol. The van der Waals surface area contributed by atoms with Crippen molar-refractivity contribution in [1.82, 2.24) is 4.90 Å². The zero-order valence-corrected chi connectivity index (χ0v) is 17.5. The van der Waals surface area contributed by atoms with E-state index in [-0.39, 0.29) is 12.0 Å². The topological polar surface area (TPSA) is 68.2 Å². The molecule has 0 bridgehead atoms.